The maximum absolute atomic E-state index is 13.7. The molecule has 0 aliphatic heterocycles. The van der Waals surface area contributed by atoms with E-state index < -0.39 is 17.4 Å². The van der Waals surface area contributed by atoms with Crippen molar-refractivity contribution in [2.75, 3.05) is 0 Å². The third kappa shape index (κ3) is 2.81. The number of carbonyl (C=O) groups excluding carboxylic acids is 1. The van der Waals surface area contributed by atoms with Crippen molar-refractivity contribution in [2.45, 2.75) is 0 Å². The second-order valence-corrected chi connectivity index (χ2v) is 5.35. The first-order valence-electron chi connectivity index (χ1n) is 5.05. The lowest BCUT2D eigenvalue weighted by molar-refractivity contribution is 0.103. The molecule has 0 atom stereocenters. The van der Waals surface area contributed by atoms with Gasteiger partial charge in [0.25, 0.3) is 0 Å². The molecule has 0 aliphatic carbocycles. The highest BCUT2D eigenvalue weighted by molar-refractivity contribution is 9.10. The van der Waals surface area contributed by atoms with E-state index in [1.54, 1.807) is 0 Å². The lowest BCUT2D eigenvalue weighted by Gasteiger charge is -2.06. The summed E-state index contributed by atoms with van der Waals surface area (Å²) in [5.41, 5.74) is -0.612. The molecule has 0 heterocycles. The molecule has 0 saturated carbocycles. The molecule has 6 heteroatoms. The van der Waals surface area contributed by atoms with E-state index in [0.717, 1.165) is 12.1 Å². The first kappa shape index (κ1) is 14.4. The Morgan fingerprint density at radius 1 is 1.05 bits per heavy atom. The van der Waals surface area contributed by atoms with Crippen molar-refractivity contribution < 1.29 is 13.6 Å². The highest BCUT2D eigenvalue weighted by Gasteiger charge is 2.20. The van der Waals surface area contributed by atoms with Crippen molar-refractivity contribution in [1.29, 1.82) is 0 Å². The lowest BCUT2D eigenvalue weighted by Crippen LogP contribution is -2.07. The van der Waals surface area contributed by atoms with Crippen molar-refractivity contribution in [1.82, 2.24) is 0 Å². The molecule has 0 amide bonds. The van der Waals surface area contributed by atoms with Crippen molar-refractivity contribution in [2.24, 2.45) is 0 Å². The Bertz CT molecular complexity index is 674. The number of ketones is 1. The monoisotopic (exact) mass is 364 g/mol. The average Bonchev–Trinajstić information content (AvgIpc) is 2.36. The van der Waals surface area contributed by atoms with Gasteiger partial charge in [-0.25, -0.2) is 8.78 Å². The molecule has 0 aliphatic rings. The van der Waals surface area contributed by atoms with Crippen LogP contribution in [0.4, 0.5) is 8.78 Å². The number of hydrogen-bond donors (Lipinski definition) is 0. The fraction of sp³-hybridized carbons (Fsp3) is 0. The summed E-state index contributed by atoms with van der Waals surface area (Å²) in [4.78, 5) is 12.1. The van der Waals surface area contributed by atoms with Gasteiger partial charge >= 0.3 is 0 Å². The molecule has 98 valence electrons. The van der Waals surface area contributed by atoms with Crippen molar-refractivity contribution in [3.8, 4) is 0 Å². The summed E-state index contributed by atoms with van der Waals surface area (Å²) in [6.45, 7) is 0. The van der Waals surface area contributed by atoms with Crippen LogP contribution in [0.3, 0.4) is 0 Å². The van der Waals surface area contributed by atoms with Gasteiger partial charge in [-0.2, -0.15) is 0 Å². The highest BCUT2D eigenvalue weighted by atomic mass is 79.9. The normalized spacial score (nSPS) is 10.6. The minimum atomic E-state index is -0.882. The smallest absolute Gasteiger partial charge is 0.199 e. The summed E-state index contributed by atoms with van der Waals surface area (Å²) in [7, 11) is 0. The summed E-state index contributed by atoms with van der Waals surface area (Å²) >= 11 is 14.4. The minimum absolute atomic E-state index is 0.159. The Morgan fingerprint density at radius 2 is 1.74 bits per heavy atom. The molecule has 0 N–H and O–H groups in total. The molecule has 2 aromatic rings. The predicted molar refractivity (Wildman–Crippen MR) is 74.0 cm³/mol. The second kappa shape index (κ2) is 5.57. The van der Waals surface area contributed by atoms with E-state index >= 15 is 0 Å². The van der Waals surface area contributed by atoms with E-state index in [9.17, 15) is 13.6 Å². The molecular formula is C13H5BrCl2F2O. The molecule has 2 aromatic carbocycles. The van der Waals surface area contributed by atoms with Crippen LogP contribution in [0, 0.1) is 11.6 Å². The largest absolute Gasteiger partial charge is 0.288 e. The van der Waals surface area contributed by atoms with E-state index in [4.69, 9.17) is 23.2 Å². The molecule has 0 aromatic heterocycles. The van der Waals surface area contributed by atoms with Gasteiger partial charge in [0.2, 0.25) is 0 Å². The second-order valence-electron chi connectivity index (χ2n) is 3.68. The third-order valence-corrected chi connectivity index (χ3v) is 3.94. The number of halogens is 5. The summed E-state index contributed by atoms with van der Waals surface area (Å²) in [5.74, 6) is -2.49. The molecule has 1 nitrogen and oxygen atoms in total. The van der Waals surface area contributed by atoms with Crippen LogP contribution in [0.25, 0.3) is 0 Å². The number of benzene rings is 2. The van der Waals surface area contributed by atoms with Gasteiger partial charge in [-0.15, -0.1) is 0 Å². The zero-order chi connectivity index (χ0) is 14.2. The predicted octanol–water partition coefficient (Wildman–Crippen LogP) is 5.27. The van der Waals surface area contributed by atoms with Crippen LogP contribution >= 0.6 is 39.1 Å². The first-order chi connectivity index (χ1) is 8.91. The topological polar surface area (TPSA) is 17.1 Å². The molecule has 0 saturated heterocycles. The van der Waals surface area contributed by atoms with Gasteiger partial charge in [0.15, 0.2) is 11.6 Å². The Hall–Kier alpha value is -0.970. The zero-order valence-electron chi connectivity index (χ0n) is 9.18. The molecule has 19 heavy (non-hydrogen) atoms. The van der Waals surface area contributed by atoms with Crippen LogP contribution in [-0.2, 0) is 0 Å². The lowest BCUT2D eigenvalue weighted by atomic mass is 10.0. The Kier molecular flexibility index (Phi) is 4.23. The Labute approximate surface area is 126 Å². The van der Waals surface area contributed by atoms with E-state index in [2.05, 4.69) is 15.9 Å². The number of carbonyl (C=O) groups is 1. The summed E-state index contributed by atoms with van der Waals surface area (Å²) in [6, 6.07) is 6.15. The van der Waals surface area contributed by atoms with Crippen LogP contribution in [0.5, 0.6) is 0 Å². The highest BCUT2D eigenvalue weighted by Crippen LogP contribution is 2.28. The minimum Gasteiger partial charge on any atom is -0.288 e. The van der Waals surface area contributed by atoms with Crippen LogP contribution in [-0.4, -0.2) is 5.78 Å². The molecule has 2 rings (SSSR count). The Morgan fingerprint density at radius 3 is 2.42 bits per heavy atom. The maximum atomic E-state index is 13.7. The van der Waals surface area contributed by atoms with Crippen molar-refractivity contribution >= 4 is 44.9 Å². The molecule has 0 unspecified atom stereocenters. The molecule has 0 fully saturated rings. The maximum Gasteiger partial charge on any atom is 0.199 e. The summed E-state index contributed by atoms with van der Waals surface area (Å²) < 4.78 is 27.8. The van der Waals surface area contributed by atoms with Gasteiger partial charge in [0.05, 0.1) is 21.2 Å². The Balaban J connectivity index is 2.56. The fourth-order valence-electron chi connectivity index (χ4n) is 1.52. The molecule has 0 radical (unpaired) electrons. The first-order valence-corrected chi connectivity index (χ1v) is 6.60. The standard InChI is InChI=1S/C13H5BrCl2F2O/c14-8-5-11(17)7(4-10(8)16)13(19)6-2-1-3-9(15)12(6)18/h1-5H. The van der Waals surface area contributed by atoms with E-state index in [1.165, 1.54) is 18.2 Å². The van der Waals surface area contributed by atoms with Crippen molar-refractivity contribution in [3.05, 3.63) is 67.6 Å². The number of hydrogen-bond acceptors (Lipinski definition) is 1. The van der Waals surface area contributed by atoms with Gasteiger partial charge in [-0.1, -0.05) is 29.3 Å². The molecular weight excluding hydrogens is 361 g/mol. The fourth-order valence-corrected chi connectivity index (χ4v) is 2.17. The van der Waals surface area contributed by atoms with E-state index in [-0.39, 0.29) is 21.2 Å². The van der Waals surface area contributed by atoms with Crippen molar-refractivity contribution in [3.63, 3.8) is 0 Å². The average molecular weight is 366 g/mol. The third-order valence-electron chi connectivity index (χ3n) is 2.45. The van der Waals surface area contributed by atoms with Crippen LogP contribution < -0.4 is 0 Å². The summed E-state index contributed by atoms with van der Waals surface area (Å²) in [6.07, 6.45) is 0. The van der Waals surface area contributed by atoms with Crippen LogP contribution in [0.2, 0.25) is 10.0 Å². The SMILES string of the molecule is O=C(c1cc(Cl)c(Br)cc1F)c1cccc(Cl)c1F. The van der Waals surface area contributed by atoms with Gasteiger partial charge in [0.1, 0.15) is 5.82 Å². The molecule has 0 spiro atoms. The van der Waals surface area contributed by atoms with E-state index in [1.807, 2.05) is 0 Å². The molecule has 0 bridgehead atoms. The number of rotatable bonds is 2. The van der Waals surface area contributed by atoms with Crippen LogP contribution in [0.1, 0.15) is 15.9 Å². The van der Waals surface area contributed by atoms with Crippen LogP contribution in [0.15, 0.2) is 34.8 Å². The van der Waals surface area contributed by atoms with Gasteiger partial charge < -0.3 is 0 Å². The van der Waals surface area contributed by atoms with Gasteiger partial charge in [-0.3, -0.25) is 4.79 Å². The quantitative estimate of drug-likeness (QED) is 0.523. The van der Waals surface area contributed by atoms with Gasteiger partial charge in [-0.05, 0) is 40.2 Å². The van der Waals surface area contributed by atoms with E-state index in [0.29, 0.717) is 4.47 Å². The summed E-state index contributed by atoms with van der Waals surface area (Å²) in [5, 5.41) is -0.0401. The van der Waals surface area contributed by atoms with Gasteiger partial charge in [0, 0.05) is 4.47 Å². The zero-order valence-corrected chi connectivity index (χ0v) is 12.3.